The van der Waals surface area contributed by atoms with Crippen LogP contribution in [0.2, 0.25) is 0 Å². The van der Waals surface area contributed by atoms with E-state index in [0.717, 1.165) is 41.7 Å². The number of pyridine rings is 1. The average molecular weight is 299 g/mol. The zero-order valence-corrected chi connectivity index (χ0v) is 13.0. The maximum atomic E-state index is 11.2. The van der Waals surface area contributed by atoms with Crippen molar-refractivity contribution in [3.63, 3.8) is 0 Å². The molecule has 1 aliphatic heterocycles. The van der Waals surface area contributed by atoms with Gasteiger partial charge in [-0.3, -0.25) is 4.79 Å². The van der Waals surface area contributed by atoms with Gasteiger partial charge in [-0.15, -0.1) is 0 Å². The molecule has 1 saturated heterocycles. The number of piperidine rings is 1. The van der Waals surface area contributed by atoms with E-state index in [1.807, 2.05) is 31.3 Å². The summed E-state index contributed by atoms with van der Waals surface area (Å²) in [6, 6.07) is 8.29. The largest absolute Gasteiger partial charge is 0.481 e. The Hall–Kier alpha value is -2.30. The molecule has 1 fully saturated rings. The number of hydrogen-bond acceptors (Lipinski definition) is 4. The zero-order valence-electron chi connectivity index (χ0n) is 13.0. The first-order valence-electron chi connectivity index (χ1n) is 7.60. The van der Waals surface area contributed by atoms with Crippen LogP contribution in [0.25, 0.3) is 10.8 Å². The lowest BCUT2D eigenvalue weighted by Crippen LogP contribution is -2.38. The van der Waals surface area contributed by atoms with Gasteiger partial charge in [0.05, 0.1) is 5.92 Å². The van der Waals surface area contributed by atoms with Gasteiger partial charge in [0.25, 0.3) is 0 Å². The highest BCUT2D eigenvalue weighted by Gasteiger charge is 2.25. The molecule has 0 saturated carbocycles. The van der Waals surface area contributed by atoms with Crippen molar-refractivity contribution in [2.45, 2.75) is 12.8 Å². The lowest BCUT2D eigenvalue weighted by molar-refractivity contribution is -0.141. The molecule has 2 heterocycles. The quantitative estimate of drug-likeness (QED) is 0.944. The topological polar surface area (TPSA) is 56.7 Å². The zero-order chi connectivity index (χ0) is 15.7. The summed E-state index contributed by atoms with van der Waals surface area (Å²) in [5, 5.41) is 11.5. The number of carboxylic acids is 1. The molecule has 5 nitrogen and oxygen atoms in total. The van der Waals surface area contributed by atoms with Gasteiger partial charge >= 0.3 is 5.97 Å². The number of hydrogen-bond donors (Lipinski definition) is 1. The third kappa shape index (κ3) is 2.71. The maximum absolute atomic E-state index is 11.2. The fraction of sp³-hybridized carbons (Fsp3) is 0.412. The maximum Gasteiger partial charge on any atom is 0.308 e. The van der Waals surface area contributed by atoms with Crippen LogP contribution >= 0.6 is 0 Å². The number of fused-ring (bicyclic) bond motifs is 1. The average Bonchev–Trinajstić information content (AvgIpc) is 2.53. The minimum absolute atomic E-state index is 0.272. The van der Waals surface area contributed by atoms with E-state index >= 15 is 0 Å². The Morgan fingerprint density at radius 1 is 1.36 bits per heavy atom. The van der Waals surface area contributed by atoms with Crippen molar-refractivity contribution in [2.75, 3.05) is 37.0 Å². The minimum Gasteiger partial charge on any atom is -0.481 e. The summed E-state index contributed by atoms with van der Waals surface area (Å²) >= 11 is 0. The summed E-state index contributed by atoms with van der Waals surface area (Å²) in [7, 11) is 3.96. The fourth-order valence-electron chi connectivity index (χ4n) is 3.11. The van der Waals surface area contributed by atoms with Crippen LogP contribution in [0.4, 0.5) is 11.5 Å². The number of rotatable bonds is 3. The molecule has 2 aromatic rings. The van der Waals surface area contributed by atoms with Crippen LogP contribution in [-0.2, 0) is 4.79 Å². The first-order valence-corrected chi connectivity index (χ1v) is 7.60. The first kappa shape index (κ1) is 14.6. The number of nitrogens with zero attached hydrogens (tertiary/aromatic N) is 3. The standard InChI is InChI=1S/C17H21N3O2/c1-19(2)16-15-10-14(6-5-12(15)7-8-18-16)20-9-3-4-13(11-20)17(21)22/h5-8,10,13H,3-4,9,11H2,1-2H3,(H,21,22). The van der Waals surface area contributed by atoms with E-state index in [1.54, 1.807) is 0 Å². The van der Waals surface area contributed by atoms with Crippen LogP contribution in [0.15, 0.2) is 30.5 Å². The van der Waals surface area contributed by atoms with Gasteiger partial charge in [-0.1, -0.05) is 6.07 Å². The summed E-state index contributed by atoms with van der Waals surface area (Å²) in [6.07, 6.45) is 3.51. The van der Waals surface area contributed by atoms with Gasteiger partial charge in [0.2, 0.25) is 0 Å². The van der Waals surface area contributed by atoms with E-state index < -0.39 is 5.97 Å². The van der Waals surface area contributed by atoms with Gasteiger partial charge in [0, 0.05) is 44.5 Å². The fourth-order valence-corrected chi connectivity index (χ4v) is 3.11. The normalized spacial score (nSPS) is 18.5. The van der Waals surface area contributed by atoms with Gasteiger partial charge < -0.3 is 14.9 Å². The molecule has 22 heavy (non-hydrogen) atoms. The Labute approximate surface area is 130 Å². The van der Waals surface area contributed by atoms with Crippen LogP contribution in [0.5, 0.6) is 0 Å². The van der Waals surface area contributed by atoms with Crippen LogP contribution in [0.3, 0.4) is 0 Å². The van der Waals surface area contributed by atoms with E-state index in [9.17, 15) is 9.90 Å². The van der Waals surface area contributed by atoms with Crippen molar-refractivity contribution in [2.24, 2.45) is 5.92 Å². The summed E-state index contributed by atoms with van der Waals surface area (Å²) in [5.74, 6) is -0.0288. The van der Waals surface area contributed by atoms with E-state index in [2.05, 4.69) is 28.1 Å². The van der Waals surface area contributed by atoms with Crippen molar-refractivity contribution < 1.29 is 9.90 Å². The van der Waals surface area contributed by atoms with Crippen molar-refractivity contribution in [3.8, 4) is 0 Å². The third-order valence-corrected chi connectivity index (χ3v) is 4.29. The van der Waals surface area contributed by atoms with Crippen molar-refractivity contribution in [1.29, 1.82) is 0 Å². The molecule has 3 rings (SSSR count). The molecule has 1 N–H and O–H groups in total. The molecule has 1 aromatic heterocycles. The Bertz CT molecular complexity index is 699. The Morgan fingerprint density at radius 3 is 2.91 bits per heavy atom. The molecule has 0 aliphatic carbocycles. The molecule has 1 aliphatic rings. The molecule has 1 unspecified atom stereocenters. The van der Waals surface area contributed by atoms with E-state index in [4.69, 9.17) is 0 Å². The summed E-state index contributed by atoms with van der Waals surface area (Å²) in [6.45, 7) is 1.49. The van der Waals surface area contributed by atoms with E-state index in [1.165, 1.54) is 0 Å². The monoisotopic (exact) mass is 299 g/mol. The SMILES string of the molecule is CN(C)c1nccc2ccc(N3CCCC(C(=O)O)C3)cc12. The van der Waals surface area contributed by atoms with E-state index in [-0.39, 0.29) is 5.92 Å². The summed E-state index contributed by atoms with van der Waals surface area (Å²) < 4.78 is 0. The second kappa shape index (κ2) is 5.83. The second-order valence-corrected chi connectivity index (χ2v) is 6.06. The number of aromatic nitrogens is 1. The predicted octanol–water partition coefficient (Wildman–Crippen LogP) is 2.60. The van der Waals surface area contributed by atoms with Gasteiger partial charge in [-0.25, -0.2) is 4.98 Å². The minimum atomic E-state index is -0.693. The molecule has 0 radical (unpaired) electrons. The summed E-state index contributed by atoms with van der Waals surface area (Å²) in [5.41, 5.74) is 1.08. The highest BCUT2D eigenvalue weighted by Crippen LogP contribution is 2.30. The number of aliphatic carboxylic acids is 1. The molecule has 1 aromatic carbocycles. The second-order valence-electron chi connectivity index (χ2n) is 6.06. The van der Waals surface area contributed by atoms with Crippen LogP contribution in [0, 0.1) is 5.92 Å². The molecule has 0 bridgehead atoms. The number of benzene rings is 1. The van der Waals surface area contributed by atoms with Crippen molar-refractivity contribution >= 4 is 28.2 Å². The molecule has 5 heteroatoms. The van der Waals surface area contributed by atoms with Crippen molar-refractivity contribution in [1.82, 2.24) is 4.98 Å². The third-order valence-electron chi connectivity index (χ3n) is 4.29. The number of anilines is 2. The van der Waals surface area contributed by atoms with E-state index in [0.29, 0.717) is 6.54 Å². The van der Waals surface area contributed by atoms with Crippen LogP contribution in [0.1, 0.15) is 12.8 Å². The molecule has 1 atom stereocenters. The highest BCUT2D eigenvalue weighted by atomic mass is 16.4. The molecule has 116 valence electrons. The smallest absolute Gasteiger partial charge is 0.308 e. The number of carboxylic acid groups (broad SMARTS) is 1. The Kier molecular flexibility index (Phi) is 3.88. The first-order chi connectivity index (χ1) is 10.6. The lowest BCUT2D eigenvalue weighted by Gasteiger charge is -2.32. The van der Waals surface area contributed by atoms with Crippen LogP contribution in [-0.4, -0.2) is 43.2 Å². The Morgan fingerprint density at radius 2 is 2.18 bits per heavy atom. The van der Waals surface area contributed by atoms with Gasteiger partial charge in [0.1, 0.15) is 5.82 Å². The lowest BCUT2D eigenvalue weighted by atomic mass is 9.97. The highest BCUT2D eigenvalue weighted by molar-refractivity contribution is 5.94. The molecule has 0 amide bonds. The molecule has 0 spiro atoms. The van der Waals surface area contributed by atoms with Crippen LogP contribution < -0.4 is 9.80 Å². The Balaban J connectivity index is 1.97. The van der Waals surface area contributed by atoms with Gasteiger partial charge in [-0.05, 0) is 36.4 Å². The summed E-state index contributed by atoms with van der Waals surface area (Å²) in [4.78, 5) is 19.9. The van der Waals surface area contributed by atoms with Gasteiger partial charge in [0.15, 0.2) is 0 Å². The van der Waals surface area contributed by atoms with Crippen molar-refractivity contribution in [3.05, 3.63) is 30.5 Å². The van der Waals surface area contributed by atoms with Gasteiger partial charge in [-0.2, -0.15) is 0 Å². The molecular formula is C17H21N3O2. The predicted molar refractivity (Wildman–Crippen MR) is 88.6 cm³/mol. The number of carbonyl (C=O) groups is 1. The molecular weight excluding hydrogens is 278 g/mol.